The molecule has 180 valence electrons. The van der Waals surface area contributed by atoms with Crippen LogP contribution in [0, 0.1) is 18.7 Å². The predicted octanol–water partition coefficient (Wildman–Crippen LogP) is 3.62. The van der Waals surface area contributed by atoms with Gasteiger partial charge in [-0.25, -0.2) is 14.4 Å². The van der Waals surface area contributed by atoms with Crippen LogP contribution in [0.5, 0.6) is 0 Å². The van der Waals surface area contributed by atoms with Gasteiger partial charge in [-0.15, -0.1) is 24.8 Å². The third kappa shape index (κ3) is 5.16. The summed E-state index contributed by atoms with van der Waals surface area (Å²) >= 11 is 0. The van der Waals surface area contributed by atoms with Crippen molar-refractivity contribution in [1.82, 2.24) is 20.2 Å². The maximum atomic E-state index is 14.6. The monoisotopic (exact) mass is 496 g/mol. The van der Waals surface area contributed by atoms with Crippen molar-refractivity contribution in [2.45, 2.75) is 44.6 Å². The summed E-state index contributed by atoms with van der Waals surface area (Å²) in [6, 6.07) is 5.00. The molecule has 4 heterocycles. The summed E-state index contributed by atoms with van der Waals surface area (Å²) in [5.41, 5.74) is 2.85. The lowest BCUT2D eigenvalue weighted by Gasteiger charge is -2.44. The van der Waals surface area contributed by atoms with Gasteiger partial charge in [0, 0.05) is 19.3 Å². The highest BCUT2D eigenvalue weighted by Crippen LogP contribution is 2.40. The quantitative estimate of drug-likeness (QED) is 0.702. The smallest absolute Gasteiger partial charge is 0.256 e. The molecule has 1 atom stereocenters. The number of likely N-dealkylation sites (tertiary alicyclic amines) is 1. The van der Waals surface area contributed by atoms with E-state index in [2.05, 4.69) is 15.3 Å². The molecule has 0 radical (unpaired) electrons. The van der Waals surface area contributed by atoms with Crippen molar-refractivity contribution < 1.29 is 13.9 Å². The van der Waals surface area contributed by atoms with Crippen LogP contribution >= 0.6 is 24.8 Å². The van der Waals surface area contributed by atoms with Gasteiger partial charge in [-0.1, -0.05) is 6.07 Å². The van der Waals surface area contributed by atoms with Crippen molar-refractivity contribution in [2.24, 2.45) is 5.92 Å². The van der Waals surface area contributed by atoms with Crippen molar-refractivity contribution in [2.75, 3.05) is 32.8 Å². The van der Waals surface area contributed by atoms with Crippen molar-refractivity contribution >= 4 is 30.7 Å². The van der Waals surface area contributed by atoms with Gasteiger partial charge in [0.1, 0.15) is 17.2 Å². The van der Waals surface area contributed by atoms with Crippen LogP contribution in [-0.2, 0) is 23.2 Å². The largest absolute Gasteiger partial charge is 0.368 e. The summed E-state index contributed by atoms with van der Waals surface area (Å²) in [7, 11) is 0. The zero-order valence-corrected chi connectivity index (χ0v) is 20.4. The summed E-state index contributed by atoms with van der Waals surface area (Å²) < 4.78 is 20.8. The molecule has 3 aliphatic heterocycles. The number of hydrogen-bond donors (Lipinski definition) is 1. The topological polar surface area (TPSA) is 67.4 Å². The molecule has 1 amide bonds. The van der Waals surface area contributed by atoms with Crippen LogP contribution in [0.1, 0.15) is 52.3 Å². The summed E-state index contributed by atoms with van der Waals surface area (Å²) in [5.74, 6) is 0.616. The zero-order chi connectivity index (χ0) is 21.4. The number of amides is 1. The second-order valence-electron chi connectivity index (χ2n) is 9.05. The first kappa shape index (κ1) is 25.8. The van der Waals surface area contributed by atoms with E-state index in [1.165, 1.54) is 6.07 Å². The van der Waals surface area contributed by atoms with E-state index >= 15 is 0 Å². The van der Waals surface area contributed by atoms with Gasteiger partial charge in [-0.2, -0.15) is 0 Å². The minimum atomic E-state index is -0.464. The minimum Gasteiger partial charge on any atom is -0.368 e. The Labute approximate surface area is 206 Å². The number of carbonyl (C=O) groups is 1. The Balaban J connectivity index is 0.00000153. The molecule has 2 aromatic rings. The molecule has 9 heteroatoms. The molecule has 1 aromatic heterocycles. The third-order valence-electron chi connectivity index (χ3n) is 6.97. The number of aromatic nitrogens is 2. The molecule has 1 N–H and O–H groups in total. The molecule has 0 bridgehead atoms. The standard InChI is InChI=1S/C24H29FN4O2.2ClH/c1-16-27-15-19-5-11-31-24(22(19)28-16)6-9-29(10-7-24)23(30)20-13-17(2-3-21(20)25)12-18-4-8-26-14-18;;/h2-3,13,15,18,26H,4-12,14H2,1H3;2*1H. The maximum Gasteiger partial charge on any atom is 0.256 e. The van der Waals surface area contributed by atoms with E-state index in [1.807, 2.05) is 19.2 Å². The fraction of sp³-hybridized carbons (Fsp3) is 0.542. The number of benzene rings is 1. The van der Waals surface area contributed by atoms with Gasteiger partial charge in [-0.3, -0.25) is 4.79 Å². The Morgan fingerprint density at radius 3 is 2.82 bits per heavy atom. The van der Waals surface area contributed by atoms with Crippen LogP contribution < -0.4 is 5.32 Å². The van der Waals surface area contributed by atoms with E-state index in [1.54, 1.807) is 11.0 Å². The van der Waals surface area contributed by atoms with Crippen molar-refractivity contribution in [3.63, 3.8) is 0 Å². The molecule has 6 nitrogen and oxygen atoms in total. The van der Waals surface area contributed by atoms with Gasteiger partial charge in [0.2, 0.25) is 0 Å². The van der Waals surface area contributed by atoms with Crippen molar-refractivity contribution in [3.8, 4) is 0 Å². The lowest BCUT2D eigenvalue weighted by molar-refractivity contribution is -0.0969. The number of ether oxygens (including phenoxy) is 1. The molecule has 5 rings (SSSR count). The maximum absolute atomic E-state index is 14.6. The number of fused-ring (bicyclic) bond motifs is 2. The molecule has 2 saturated heterocycles. The summed E-state index contributed by atoms with van der Waals surface area (Å²) in [6.45, 7) is 5.59. The van der Waals surface area contributed by atoms with Crippen molar-refractivity contribution in [1.29, 1.82) is 0 Å². The molecule has 0 aliphatic carbocycles. The average molecular weight is 497 g/mol. The van der Waals surface area contributed by atoms with Gasteiger partial charge in [-0.05, 0) is 81.3 Å². The summed E-state index contributed by atoms with van der Waals surface area (Å²) in [6.07, 6.45) is 6.04. The fourth-order valence-electron chi connectivity index (χ4n) is 5.20. The fourth-order valence-corrected chi connectivity index (χ4v) is 5.20. The van der Waals surface area contributed by atoms with Crippen molar-refractivity contribution in [3.05, 3.63) is 58.4 Å². The van der Waals surface area contributed by atoms with E-state index in [0.29, 0.717) is 38.5 Å². The Bertz CT molecular complexity index is 992. The van der Waals surface area contributed by atoms with E-state index < -0.39 is 11.4 Å². The second kappa shape index (κ2) is 10.6. The highest BCUT2D eigenvalue weighted by atomic mass is 35.5. The highest BCUT2D eigenvalue weighted by Gasteiger charge is 2.43. The summed E-state index contributed by atoms with van der Waals surface area (Å²) in [4.78, 5) is 24.0. The first-order valence-corrected chi connectivity index (χ1v) is 11.3. The normalized spacial score (nSPS) is 21.2. The predicted molar refractivity (Wildman–Crippen MR) is 129 cm³/mol. The molecule has 3 aliphatic rings. The Morgan fingerprint density at radius 2 is 2.09 bits per heavy atom. The SMILES string of the molecule is Cc1ncc2c(n1)C1(CCN(C(=O)c3cc(CC4CCNC4)ccc3F)CC1)OCC2.Cl.Cl. The Kier molecular flexibility index (Phi) is 8.32. The van der Waals surface area contributed by atoms with Crippen LogP contribution in [0.3, 0.4) is 0 Å². The molecule has 1 unspecified atom stereocenters. The van der Waals surface area contributed by atoms with Gasteiger partial charge >= 0.3 is 0 Å². The number of halogens is 3. The van der Waals surface area contributed by atoms with Crippen LogP contribution in [-0.4, -0.2) is 53.6 Å². The molecule has 1 aromatic carbocycles. The lowest BCUT2D eigenvalue weighted by Crippen LogP contribution is -2.49. The van der Waals surface area contributed by atoms with Gasteiger partial charge < -0.3 is 15.0 Å². The number of carbonyl (C=O) groups excluding carboxylic acids is 1. The Hall–Kier alpha value is -1.80. The first-order valence-electron chi connectivity index (χ1n) is 11.3. The van der Waals surface area contributed by atoms with Gasteiger partial charge in [0.05, 0.1) is 17.9 Å². The Morgan fingerprint density at radius 1 is 1.30 bits per heavy atom. The van der Waals surface area contributed by atoms with E-state index in [0.717, 1.165) is 55.0 Å². The van der Waals surface area contributed by atoms with Crippen LogP contribution in [0.15, 0.2) is 24.4 Å². The third-order valence-corrected chi connectivity index (χ3v) is 6.97. The summed E-state index contributed by atoms with van der Waals surface area (Å²) in [5, 5.41) is 3.36. The van der Waals surface area contributed by atoms with E-state index in [4.69, 9.17) is 4.74 Å². The van der Waals surface area contributed by atoms with E-state index in [-0.39, 0.29) is 36.3 Å². The molecule has 2 fully saturated rings. The number of rotatable bonds is 3. The minimum absolute atomic E-state index is 0. The molecule has 33 heavy (non-hydrogen) atoms. The number of aryl methyl sites for hydroxylation is 1. The first-order chi connectivity index (χ1) is 15.0. The average Bonchev–Trinajstić information content (AvgIpc) is 3.29. The molecular formula is C24H31Cl2FN4O2. The number of hydrogen-bond acceptors (Lipinski definition) is 5. The van der Waals surface area contributed by atoms with Crippen LogP contribution in [0.2, 0.25) is 0 Å². The highest BCUT2D eigenvalue weighted by molar-refractivity contribution is 5.94. The molecule has 0 saturated carbocycles. The number of piperidine rings is 1. The van der Waals surface area contributed by atoms with E-state index in [9.17, 15) is 9.18 Å². The number of nitrogens with one attached hydrogen (secondary N) is 1. The van der Waals surface area contributed by atoms with Crippen LogP contribution in [0.25, 0.3) is 0 Å². The second-order valence-corrected chi connectivity index (χ2v) is 9.05. The molecule has 1 spiro atoms. The van der Waals surface area contributed by atoms with Crippen LogP contribution in [0.4, 0.5) is 4.39 Å². The number of nitrogens with zero attached hydrogens (tertiary/aromatic N) is 3. The lowest BCUT2D eigenvalue weighted by atomic mass is 9.83. The van der Waals surface area contributed by atoms with Gasteiger partial charge in [0.15, 0.2) is 0 Å². The van der Waals surface area contributed by atoms with Gasteiger partial charge in [0.25, 0.3) is 5.91 Å². The molecular weight excluding hydrogens is 466 g/mol. The zero-order valence-electron chi connectivity index (χ0n) is 18.8.